The first kappa shape index (κ1) is 13.3. The molecule has 2 unspecified atom stereocenters. The molecule has 0 amide bonds. The number of rotatable bonds is 3. The van der Waals surface area contributed by atoms with Gasteiger partial charge in [-0.3, -0.25) is 4.98 Å². The summed E-state index contributed by atoms with van der Waals surface area (Å²) >= 11 is 12.0. The highest BCUT2D eigenvalue weighted by Gasteiger charge is 2.21. The summed E-state index contributed by atoms with van der Waals surface area (Å²) in [5, 5.41) is 11.4. The molecule has 1 aromatic carbocycles. The molecule has 0 aliphatic rings. The van der Waals surface area contributed by atoms with Crippen molar-refractivity contribution < 1.29 is 5.11 Å². The molecule has 1 N–H and O–H groups in total. The van der Waals surface area contributed by atoms with Crippen molar-refractivity contribution in [2.45, 2.75) is 18.9 Å². The number of aliphatic hydroxyl groups is 1. The second-order valence-electron chi connectivity index (χ2n) is 4.15. The van der Waals surface area contributed by atoms with Crippen LogP contribution in [0.4, 0.5) is 0 Å². The van der Waals surface area contributed by atoms with Crippen LogP contribution in [0.15, 0.2) is 42.6 Å². The molecule has 0 fully saturated rings. The van der Waals surface area contributed by atoms with Crippen molar-refractivity contribution in [1.29, 1.82) is 0 Å². The summed E-state index contributed by atoms with van der Waals surface area (Å²) in [6, 6.07) is 10.7. The smallest absolute Gasteiger partial charge is 0.0885 e. The summed E-state index contributed by atoms with van der Waals surface area (Å²) in [4.78, 5) is 4.24. The van der Waals surface area contributed by atoms with Crippen molar-refractivity contribution >= 4 is 23.2 Å². The maximum atomic E-state index is 10.4. The predicted molar refractivity (Wildman–Crippen MR) is 74.1 cm³/mol. The Balaban J connectivity index is 2.31. The Labute approximate surface area is 116 Å². The highest BCUT2D eigenvalue weighted by molar-refractivity contribution is 6.33. The second kappa shape index (κ2) is 5.70. The molecule has 0 saturated carbocycles. The van der Waals surface area contributed by atoms with Crippen LogP contribution in [0, 0.1) is 0 Å². The van der Waals surface area contributed by atoms with E-state index in [1.807, 2.05) is 25.1 Å². The van der Waals surface area contributed by atoms with Gasteiger partial charge in [0, 0.05) is 33.4 Å². The Kier molecular flexibility index (Phi) is 4.23. The molecule has 94 valence electrons. The zero-order chi connectivity index (χ0) is 13.1. The van der Waals surface area contributed by atoms with E-state index in [-0.39, 0.29) is 5.92 Å². The molecule has 2 atom stereocenters. The van der Waals surface area contributed by atoms with E-state index in [4.69, 9.17) is 23.2 Å². The van der Waals surface area contributed by atoms with E-state index in [9.17, 15) is 5.11 Å². The van der Waals surface area contributed by atoms with Crippen molar-refractivity contribution in [2.24, 2.45) is 0 Å². The van der Waals surface area contributed by atoms with Gasteiger partial charge in [-0.25, -0.2) is 0 Å². The zero-order valence-corrected chi connectivity index (χ0v) is 11.4. The van der Waals surface area contributed by atoms with Gasteiger partial charge in [-0.05, 0) is 30.3 Å². The normalized spacial score (nSPS) is 14.2. The molecule has 2 nitrogen and oxygen atoms in total. The molecule has 2 aromatic rings. The third-order valence-corrected chi connectivity index (χ3v) is 3.48. The van der Waals surface area contributed by atoms with Crippen molar-refractivity contribution in [2.75, 3.05) is 0 Å². The number of aromatic nitrogens is 1. The molecule has 18 heavy (non-hydrogen) atoms. The third kappa shape index (κ3) is 2.83. The summed E-state index contributed by atoms with van der Waals surface area (Å²) in [6.45, 7) is 1.91. The Morgan fingerprint density at radius 1 is 1.17 bits per heavy atom. The van der Waals surface area contributed by atoms with Crippen molar-refractivity contribution in [3.05, 3.63) is 63.9 Å². The average Bonchev–Trinajstić information content (AvgIpc) is 2.41. The maximum Gasteiger partial charge on any atom is 0.0885 e. The number of pyridine rings is 1. The molecular weight excluding hydrogens is 269 g/mol. The fourth-order valence-electron chi connectivity index (χ4n) is 1.82. The maximum absolute atomic E-state index is 10.4. The van der Waals surface area contributed by atoms with Gasteiger partial charge in [-0.1, -0.05) is 36.2 Å². The van der Waals surface area contributed by atoms with Gasteiger partial charge in [-0.15, -0.1) is 0 Å². The van der Waals surface area contributed by atoms with Gasteiger partial charge in [-0.2, -0.15) is 0 Å². The molecule has 1 heterocycles. The largest absolute Gasteiger partial charge is 0.388 e. The van der Waals surface area contributed by atoms with Crippen LogP contribution < -0.4 is 0 Å². The highest BCUT2D eigenvalue weighted by Crippen LogP contribution is 2.34. The van der Waals surface area contributed by atoms with Gasteiger partial charge in [0.1, 0.15) is 0 Å². The summed E-state index contributed by atoms with van der Waals surface area (Å²) in [5.41, 5.74) is 1.45. The predicted octanol–water partition coefficient (Wildman–Crippen LogP) is 4.23. The molecular formula is C14H13Cl2NO. The van der Waals surface area contributed by atoms with E-state index in [1.54, 1.807) is 24.4 Å². The third-order valence-electron chi connectivity index (χ3n) is 2.90. The van der Waals surface area contributed by atoms with Crippen LogP contribution in [0.25, 0.3) is 0 Å². The lowest BCUT2D eigenvalue weighted by atomic mass is 9.94. The Morgan fingerprint density at radius 2 is 1.94 bits per heavy atom. The first-order valence-electron chi connectivity index (χ1n) is 5.63. The quantitative estimate of drug-likeness (QED) is 0.914. The van der Waals surface area contributed by atoms with Crippen molar-refractivity contribution in [3.8, 4) is 0 Å². The van der Waals surface area contributed by atoms with Crippen LogP contribution >= 0.6 is 23.2 Å². The van der Waals surface area contributed by atoms with E-state index in [0.717, 1.165) is 5.69 Å². The number of halogens is 2. The van der Waals surface area contributed by atoms with Gasteiger partial charge in [0.15, 0.2) is 0 Å². The fourth-order valence-corrected chi connectivity index (χ4v) is 2.23. The van der Waals surface area contributed by atoms with Crippen LogP contribution in [0.2, 0.25) is 10.0 Å². The molecule has 1 aromatic heterocycles. The molecule has 0 radical (unpaired) electrons. The molecule has 0 spiro atoms. The molecule has 0 bridgehead atoms. The monoisotopic (exact) mass is 281 g/mol. The van der Waals surface area contributed by atoms with Crippen LogP contribution in [0.3, 0.4) is 0 Å². The van der Waals surface area contributed by atoms with Gasteiger partial charge in [0.2, 0.25) is 0 Å². The first-order chi connectivity index (χ1) is 8.59. The summed E-state index contributed by atoms with van der Waals surface area (Å²) < 4.78 is 0. The molecule has 0 aliphatic carbocycles. The van der Waals surface area contributed by atoms with Gasteiger partial charge < -0.3 is 5.11 Å². The van der Waals surface area contributed by atoms with Gasteiger partial charge in [0.25, 0.3) is 0 Å². The Hall–Kier alpha value is -1.09. The highest BCUT2D eigenvalue weighted by atomic mass is 35.5. The van der Waals surface area contributed by atoms with Crippen molar-refractivity contribution in [3.63, 3.8) is 0 Å². The van der Waals surface area contributed by atoms with E-state index in [1.165, 1.54) is 0 Å². The van der Waals surface area contributed by atoms with Crippen LogP contribution in [0.1, 0.15) is 30.2 Å². The zero-order valence-electron chi connectivity index (χ0n) is 9.85. The minimum Gasteiger partial charge on any atom is -0.388 e. The first-order valence-corrected chi connectivity index (χ1v) is 6.39. The number of aliphatic hydroxyl groups excluding tert-OH is 1. The number of benzene rings is 1. The molecule has 4 heteroatoms. The van der Waals surface area contributed by atoms with Crippen LogP contribution in [-0.4, -0.2) is 10.1 Å². The van der Waals surface area contributed by atoms with E-state index < -0.39 is 6.10 Å². The topological polar surface area (TPSA) is 33.1 Å². The SMILES string of the molecule is CC(c1ccccn1)C(O)c1cc(Cl)ccc1Cl. The van der Waals surface area contributed by atoms with E-state index in [0.29, 0.717) is 15.6 Å². The van der Waals surface area contributed by atoms with Gasteiger partial charge >= 0.3 is 0 Å². The van der Waals surface area contributed by atoms with E-state index in [2.05, 4.69) is 4.98 Å². The van der Waals surface area contributed by atoms with E-state index >= 15 is 0 Å². The van der Waals surface area contributed by atoms with Crippen LogP contribution in [0.5, 0.6) is 0 Å². The number of hydrogen-bond acceptors (Lipinski definition) is 2. The minimum absolute atomic E-state index is 0.151. The summed E-state index contributed by atoms with van der Waals surface area (Å²) in [6.07, 6.45) is 0.976. The summed E-state index contributed by atoms with van der Waals surface area (Å²) in [7, 11) is 0. The minimum atomic E-state index is -0.730. The average molecular weight is 282 g/mol. The standard InChI is InChI=1S/C14H13Cl2NO/c1-9(13-4-2-3-7-17-13)14(18)11-8-10(15)5-6-12(11)16/h2-9,14,18H,1H3. The lowest BCUT2D eigenvalue weighted by Gasteiger charge is -2.20. The second-order valence-corrected chi connectivity index (χ2v) is 5.00. The lowest BCUT2D eigenvalue weighted by molar-refractivity contribution is 0.150. The van der Waals surface area contributed by atoms with Crippen molar-refractivity contribution in [1.82, 2.24) is 4.98 Å². The molecule has 0 saturated heterocycles. The lowest BCUT2D eigenvalue weighted by Crippen LogP contribution is -2.09. The summed E-state index contributed by atoms with van der Waals surface area (Å²) in [5.74, 6) is -0.151. The van der Waals surface area contributed by atoms with Gasteiger partial charge in [0.05, 0.1) is 6.10 Å². The number of nitrogens with zero attached hydrogens (tertiary/aromatic N) is 1. The molecule has 0 aliphatic heterocycles. The Bertz CT molecular complexity index is 531. The Morgan fingerprint density at radius 3 is 2.61 bits per heavy atom. The molecule has 2 rings (SSSR count). The fraction of sp³-hybridized carbons (Fsp3) is 0.214. The number of hydrogen-bond donors (Lipinski definition) is 1. The van der Waals surface area contributed by atoms with Crippen LogP contribution in [-0.2, 0) is 0 Å².